The van der Waals surface area contributed by atoms with Crippen molar-refractivity contribution in [2.45, 2.75) is 25.9 Å². The third kappa shape index (κ3) is 5.03. The van der Waals surface area contributed by atoms with Crippen molar-refractivity contribution in [2.75, 3.05) is 23.3 Å². The number of ether oxygens (including phenoxy) is 1. The Morgan fingerprint density at radius 3 is 2.45 bits per heavy atom. The molecule has 0 bridgehead atoms. The van der Waals surface area contributed by atoms with Gasteiger partial charge in [-0.25, -0.2) is 4.79 Å². The van der Waals surface area contributed by atoms with E-state index in [1.807, 2.05) is 4.90 Å². The molecule has 2 aromatic carbocycles. The lowest BCUT2D eigenvalue weighted by atomic mass is 10.1. The van der Waals surface area contributed by atoms with Gasteiger partial charge in [0.2, 0.25) is 0 Å². The molecule has 1 aliphatic rings. The molecule has 0 unspecified atom stereocenters. The number of nitro benzene ring substituents is 1. The molecule has 1 heterocycles. The van der Waals surface area contributed by atoms with E-state index in [1.54, 1.807) is 30.3 Å². The van der Waals surface area contributed by atoms with Gasteiger partial charge in [-0.05, 0) is 56.2 Å². The summed E-state index contributed by atoms with van der Waals surface area (Å²) >= 11 is 5.80. The van der Waals surface area contributed by atoms with Crippen LogP contribution in [0.3, 0.4) is 0 Å². The van der Waals surface area contributed by atoms with E-state index in [1.165, 1.54) is 19.1 Å². The summed E-state index contributed by atoms with van der Waals surface area (Å²) in [4.78, 5) is 37.5. The SMILES string of the molecule is C[C@H](OC(=O)c1ccc(N2CCCC2)c([N+](=O)[O-])c1)C(=O)Nc1ccc(Cl)cc1. The molecule has 1 saturated heterocycles. The van der Waals surface area contributed by atoms with Gasteiger partial charge in [0.15, 0.2) is 6.10 Å². The van der Waals surface area contributed by atoms with E-state index in [9.17, 15) is 19.7 Å². The zero-order chi connectivity index (χ0) is 21.0. The Balaban J connectivity index is 1.69. The maximum Gasteiger partial charge on any atom is 0.339 e. The highest BCUT2D eigenvalue weighted by atomic mass is 35.5. The topological polar surface area (TPSA) is 102 Å². The molecule has 2 aromatic rings. The fraction of sp³-hybridized carbons (Fsp3) is 0.300. The molecule has 0 aromatic heterocycles. The molecule has 1 aliphatic heterocycles. The Morgan fingerprint density at radius 1 is 1.17 bits per heavy atom. The van der Waals surface area contributed by atoms with Gasteiger partial charge in [-0.3, -0.25) is 14.9 Å². The molecular formula is C20H20ClN3O5. The van der Waals surface area contributed by atoms with Gasteiger partial charge in [0, 0.05) is 29.9 Å². The predicted octanol–water partition coefficient (Wildman–Crippen LogP) is 4.03. The molecule has 29 heavy (non-hydrogen) atoms. The van der Waals surface area contributed by atoms with Crippen LogP contribution in [0.1, 0.15) is 30.1 Å². The summed E-state index contributed by atoms with van der Waals surface area (Å²) in [6, 6.07) is 10.7. The molecule has 9 heteroatoms. The second-order valence-corrected chi connectivity index (χ2v) is 7.13. The largest absolute Gasteiger partial charge is 0.449 e. The van der Waals surface area contributed by atoms with E-state index >= 15 is 0 Å². The number of esters is 1. The first-order valence-corrected chi connectivity index (χ1v) is 9.54. The van der Waals surface area contributed by atoms with Crippen LogP contribution in [0.2, 0.25) is 5.02 Å². The van der Waals surface area contributed by atoms with Gasteiger partial charge in [-0.1, -0.05) is 11.6 Å². The Labute approximate surface area is 172 Å². The Bertz CT molecular complexity index is 926. The molecule has 3 rings (SSSR count). The van der Waals surface area contributed by atoms with Crippen molar-refractivity contribution < 1.29 is 19.2 Å². The lowest BCUT2D eigenvalue weighted by Crippen LogP contribution is -2.30. The Kier molecular flexibility index (Phi) is 6.33. The zero-order valence-electron chi connectivity index (χ0n) is 15.8. The number of nitrogens with zero attached hydrogens (tertiary/aromatic N) is 2. The number of nitrogens with one attached hydrogen (secondary N) is 1. The van der Waals surface area contributed by atoms with Crippen LogP contribution in [0.5, 0.6) is 0 Å². The van der Waals surface area contributed by atoms with Crippen molar-refractivity contribution >= 4 is 40.5 Å². The van der Waals surface area contributed by atoms with Crippen LogP contribution < -0.4 is 10.2 Å². The summed E-state index contributed by atoms with van der Waals surface area (Å²) in [6.45, 7) is 2.91. The molecule has 0 radical (unpaired) electrons. The van der Waals surface area contributed by atoms with E-state index in [4.69, 9.17) is 16.3 Å². The smallest absolute Gasteiger partial charge is 0.339 e. The Morgan fingerprint density at radius 2 is 1.83 bits per heavy atom. The minimum Gasteiger partial charge on any atom is -0.449 e. The minimum atomic E-state index is -1.09. The van der Waals surface area contributed by atoms with Gasteiger partial charge in [0.25, 0.3) is 11.6 Å². The molecule has 152 valence electrons. The number of hydrogen-bond donors (Lipinski definition) is 1. The quantitative estimate of drug-likeness (QED) is 0.432. The number of halogens is 1. The molecular weight excluding hydrogens is 398 g/mol. The lowest BCUT2D eigenvalue weighted by Gasteiger charge is -2.18. The molecule has 1 amide bonds. The zero-order valence-corrected chi connectivity index (χ0v) is 16.5. The van der Waals surface area contributed by atoms with Crippen LogP contribution in [0.25, 0.3) is 0 Å². The van der Waals surface area contributed by atoms with E-state index in [-0.39, 0.29) is 11.3 Å². The van der Waals surface area contributed by atoms with Gasteiger partial charge in [0.05, 0.1) is 10.5 Å². The van der Waals surface area contributed by atoms with Gasteiger partial charge >= 0.3 is 5.97 Å². The summed E-state index contributed by atoms with van der Waals surface area (Å²) < 4.78 is 5.18. The average molecular weight is 418 g/mol. The third-order valence-electron chi connectivity index (χ3n) is 4.62. The first kappa shape index (κ1) is 20.6. The normalized spacial score (nSPS) is 14.3. The number of nitro groups is 1. The van der Waals surface area contributed by atoms with Crippen molar-refractivity contribution in [3.63, 3.8) is 0 Å². The minimum absolute atomic E-state index is 0.0192. The van der Waals surface area contributed by atoms with E-state index < -0.39 is 22.9 Å². The number of amides is 1. The van der Waals surface area contributed by atoms with Crippen molar-refractivity contribution in [2.24, 2.45) is 0 Å². The molecule has 0 saturated carbocycles. The average Bonchev–Trinajstić information content (AvgIpc) is 3.23. The van der Waals surface area contributed by atoms with Crippen LogP contribution in [-0.2, 0) is 9.53 Å². The first-order chi connectivity index (χ1) is 13.8. The second-order valence-electron chi connectivity index (χ2n) is 6.70. The number of anilines is 2. The van der Waals surface area contributed by atoms with E-state index in [0.29, 0.717) is 16.4 Å². The van der Waals surface area contributed by atoms with E-state index in [2.05, 4.69) is 5.32 Å². The monoisotopic (exact) mass is 417 g/mol. The van der Waals surface area contributed by atoms with Crippen LogP contribution in [0, 0.1) is 10.1 Å². The second kappa shape index (κ2) is 8.91. The molecule has 0 aliphatic carbocycles. The van der Waals surface area contributed by atoms with Crippen LogP contribution >= 0.6 is 11.6 Å². The number of carbonyl (C=O) groups is 2. The molecule has 1 N–H and O–H groups in total. The van der Waals surface area contributed by atoms with Gasteiger partial charge in [0.1, 0.15) is 5.69 Å². The first-order valence-electron chi connectivity index (χ1n) is 9.16. The van der Waals surface area contributed by atoms with Crippen molar-refractivity contribution in [3.05, 3.63) is 63.2 Å². The van der Waals surface area contributed by atoms with Crippen LogP contribution in [0.15, 0.2) is 42.5 Å². The highest BCUT2D eigenvalue weighted by molar-refractivity contribution is 6.30. The fourth-order valence-corrected chi connectivity index (χ4v) is 3.21. The lowest BCUT2D eigenvalue weighted by molar-refractivity contribution is -0.384. The van der Waals surface area contributed by atoms with Crippen molar-refractivity contribution in [1.29, 1.82) is 0 Å². The van der Waals surface area contributed by atoms with Crippen molar-refractivity contribution in [1.82, 2.24) is 0 Å². The van der Waals surface area contributed by atoms with Gasteiger partial charge in [-0.2, -0.15) is 0 Å². The van der Waals surface area contributed by atoms with Crippen molar-refractivity contribution in [3.8, 4) is 0 Å². The standard InChI is InChI=1S/C20H20ClN3O5/c1-13(19(25)22-16-7-5-15(21)6-8-16)29-20(26)14-4-9-17(18(12-14)24(27)28)23-10-2-3-11-23/h4-9,12-13H,2-3,10-11H2,1H3,(H,22,25)/t13-/m0/s1. The summed E-state index contributed by atoms with van der Waals surface area (Å²) in [5, 5.41) is 14.6. The molecule has 0 spiro atoms. The highest BCUT2D eigenvalue weighted by Gasteiger charge is 2.25. The maximum atomic E-state index is 12.4. The van der Waals surface area contributed by atoms with Crippen LogP contribution in [-0.4, -0.2) is 36.0 Å². The number of rotatable bonds is 6. The third-order valence-corrected chi connectivity index (χ3v) is 4.87. The summed E-state index contributed by atoms with van der Waals surface area (Å²) in [5.41, 5.74) is 0.857. The molecule has 1 atom stereocenters. The number of hydrogen-bond acceptors (Lipinski definition) is 6. The summed E-state index contributed by atoms with van der Waals surface area (Å²) in [5.74, 6) is -1.33. The predicted molar refractivity (Wildman–Crippen MR) is 110 cm³/mol. The van der Waals surface area contributed by atoms with Gasteiger partial charge < -0.3 is 15.0 Å². The number of carbonyl (C=O) groups excluding carboxylic acids is 2. The summed E-state index contributed by atoms with van der Waals surface area (Å²) in [7, 11) is 0. The fourth-order valence-electron chi connectivity index (χ4n) is 3.08. The molecule has 8 nitrogen and oxygen atoms in total. The van der Waals surface area contributed by atoms with E-state index in [0.717, 1.165) is 25.9 Å². The number of benzene rings is 2. The maximum absolute atomic E-state index is 12.4. The van der Waals surface area contributed by atoms with Gasteiger partial charge in [-0.15, -0.1) is 0 Å². The highest BCUT2D eigenvalue weighted by Crippen LogP contribution is 2.32. The summed E-state index contributed by atoms with van der Waals surface area (Å²) in [6.07, 6.45) is 0.859. The Hall–Kier alpha value is -3.13. The molecule has 1 fully saturated rings. The van der Waals surface area contributed by atoms with Crippen LogP contribution in [0.4, 0.5) is 17.1 Å².